The fraction of sp³-hybridized carbons (Fsp3) is 0.300. The Bertz CT molecular complexity index is 516. The molecule has 0 aliphatic heterocycles. The van der Waals surface area contributed by atoms with Gasteiger partial charge in [-0.3, -0.25) is 9.10 Å². The van der Waals surface area contributed by atoms with Crippen molar-refractivity contribution in [2.45, 2.75) is 6.92 Å². The predicted octanol–water partition coefficient (Wildman–Crippen LogP) is 2.26. The Hall–Kier alpha value is -0.780. The number of nitrogens with zero attached hydrogens (tertiary/aromatic N) is 1. The van der Waals surface area contributed by atoms with E-state index in [0.717, 1.165) is 4.31 Å². The van der Waals surface area contributed by atoms with Crippen molar-refractivity contribution in [1.82, 2.24) is 0 Å². The molecule has 0 N–H and O–H groups in total. The van der Waals surface area contributed by atoms with Crippen LogP contribution in [0.2, 0.25) is 5.02 Å². The fourth-order valence-corrected chi connectivity index (χ4v) is 2.82. The maximum Gasteiger partial charge on any atom is 0.242 e. The van der Waals surface area contributed by atoms with Crippen LogP contribution in [0.4, 0.5) is 5.69 Å². The van der Waals surface area contributed by atoms with Crippen LogP contribution in [0.3, 0.4) is 0 Å². The summed E-state index contributed by atoms with van der Waals surface area (Å²) in [6, 6.07) is 6.38. The van der Waals surface area contributed by atoms with E-state index in [0.29, 0.717) is 0 Å². The minimum absolute atomic E-state index is 0.137. The summed E-state index contributed by atoms with van der Waals surface area (Å²) in [5.74, 6) is -0.137. The first-order chi connectivity index (χ1) is 7.88. The molecule has 0 fully saturated rings. The molecule has 0 bridgehead atoms. The molecule has 0 saturated heterocycles. The average Bonchev–Trinajstić information content (AvgIpc) is 2.26. The van der Waals surface area contributed by atoms with Crippen LogP contribution >= 0.6 is 23.2 Å². The Morgan fingerprint density at radius 3 is 2.41 bits per heavy atom. The molecule has 0 radical (unpaired) electrons. The van der Waals surface area contributed by atoms with Gasteiger partial charge in [0.15, 0.2) is 0 Å². The molecule has 7 heteroatoms. The summed E-state index contributed by atoms with van der Waals surface area (Å²) < 4.78 is 24.6. The van der Waals surface area contributed by atoms with Gasteiger partial charge < -0.3 is 0 Å². The summed E-state index contributed by atoms with van der Waals surface area (Å²) in [4.78, 5) is 10.9. The highest BCUT2D eigenvalue weighted by Crippen LogP contribution is 2.27. The van der Waals surface area contributed by atoms with Crippen LogP contribution in [0.5, 0.6) is 0 Å². The maximum atomic E-state index is 11.8. The Morgan fingerprint density at radius 1 is 1.35 bits per heavy atom. The second kappa shape index (κ2) is 5.71. The molecule has 94 valence electrons. The SMILES string of the molecule is CCS(=O)(=O)N(CC(=O)Cl)c1ccccc1Cl. The first kappa shape index (κ1) is 14.3. The first-order valence-corrected chi connectivity index (χ1v) is 7.18. The van der Waals surface area contributed by atoms with E-state index in [1.165, 1.54) is 13.0 Å². The van der Waals surface area contributed by atoms with Crippen LogP contribution in [0, 0.1) is 0 Å². The smallest absolute Gasteiger partial charge is 0.242 e. The van der Waals surface area contributed by atoms with E-state index in [2.05, 4.69) is 0 Å². The number of anilines is 1. The molecular formula is C10H11Cl2NO3S. The molecule has 0 aliphatic carbocycles. The van der Waals surface area contributed by atoms with E-state index < -0.39 is 21.8 Å². The van der Waals surface area contributed by atoms with Crippen LogP contribution in [0.25, 0.3) is 0 Å². The second-order valence-electron chi connectivity index (χ2n) is 3.21. The molecule has 0 atom stereocenters. The van der Waals surface area contributed by atoms with Crippen LogP contribution < -0.4 is 4.31 Å². The number of rotatable bonds is 5. The molecule has 1 rings (SSSR count). The minimum atomic E-state index is -3.59. The van der Waals surface area contributed by atoms with Crippen LogP contribution in [0.15, 0.2) is 24.3 Å². The van der Waals surface area contributed by atoms with E-state index in [1.54, 1.807) is 18.2 Å². The zero-order chi connectivity index (χ0) is 13.1. The van der Waals surface area contributed by atoms with Crippen molar-refractivity contribution in [1.29, 1.82) is 0 Å². The lowest BCUT2D eigenvalue weighted by Gasteiger charge is -2.22. The third kappa shape index (κ3) is 3.59. The third-order valence-electron chi connectivity index (χ3n) is 2.09. The molecule has 0 aliphatic rings. The quantitative estimate of drug-likeness (QED) is 0.783. The highest BCUT2D eigenvalue weighted by molar-refractivity contribution is 7.92. The minimum Gasteiger partial charge on any atom is -0.279 e. The van der Waals surface area contributed by atoms with Gasteiger partial charge >= 0.3 is 0 Å². The van der Waals surface area contributed by atoms with Crippen molar-refractivity contribution in [2.24, 2.45) is 0 Å². The normalized spacial score (nSPS) is 11.2. The van der Waals surface area contributed by atoms with Gasteiger partial charge in [0.1, 0.15) is 6.54 Å². The van der Waals surface area contributed by atoms with E-state index in [1.807, 2.05) is 0 Å². The summed E-state index contributed by atoms with van der Waals surface area (Å²) in [6.07, 6.45) is 0. The van der Waals surface area contributed by atoms with E-state index in [-0.39, 0.29) is 16.5 Å². The van der Waals surface area contributed by atoms with Crippen LogP contribution in [-0.4, -0.2) is 26.0 Å². The number of carbonyl (C=O) groups is 1. The molecule has 1 aromatic carbocycles. The molecular weight excluding hydrogens is 285 g/mol. The van der Waals surface area contributed by atoms with Gasteiger partial charge in [0.25, 0.3) is 0 Å². The summed E-state index contributed by atoms with van der Waals surface area (Å²) >= 11 is 11.2. The number of benzene rings is 1. The van der Waals surface area contributed by atoms with E-state index in [4.69, 9.17) is 23.2 Å². The molecule has 0 amide bonds. The number of hydrogen-bond donors (Lipinski definition) is 0. The first-order valence-electron chi connectivity index (χ1n) is 4.81. The molecule has 0 heterocycles. The van der Waals surface area contributed by atoms with Gasteiger partial charge in [0.05, 0.1) is 16.5 Å². The van der Waals surface area contributed by atoms with Gasteiger partial charge in [-0.25, -0.2) is 8.42 Å². The standard InChI is InChI=1S/C10H11Cl2NO3S/c1-2-17(15,16)13(7-10(12)14)9-6-4-3-5-8(9)11/h3-6H,2,7H2,1H3. The zero-order valence-corrected chi connectivity index (χ0v) is 11.4. The van der Waals surface area contributed by atoms with Gasteiger partial charge in [-0.1, -0.05) is 23.7 Å². The lowest BCUT2D eigenvalue weighted by atomic mass is 10.3. The molecule has 1 aromatic rings. The summed E-state index contributed by atoms with van der Waals surface area (Å²) in [7, 11) is -3.59. The van der Waals surface area contributed by atoms with Crippen LogP contribution in [-0.2, 0) is 14.8 Å². The Labute approximate surface area is 110 Å². The number of para-hydroxylation sites is 1. The van der Waals surface area contributed by atoms with Crippen molar-refractivity contribution < 1.29 is 13.2 Å². The zero-order valence-electron chi connectivity index (χ0n) is 9.06. The van der Waals surface area contributed by atoms with Crippen molar-refractivity contribution in [3.63, 3.8) is 0 Å². The van der Waals surface area contributed by atoms with Crippen molar-refractivity contribution in [3.8, 4) is 0 Å². The summed E-state index contributed by atoms with van der Waals surface area (Å²) in [5.41, 5.74) is 0.255. The van der Waals surface area contributed by atoms with Crippen molar-refractivity contribution in [3.05, 3.63) is 29.3 Å². The predicted molar refractivity (Wildman–Crippen MR) is 69.1 cm³/mol. The second-order valence-corrected chi connectivity index (χ2v) is 6.22. The molecule has 0 saturated carbocycles. The summed E-state index contributed by atoms with van der Waals surface area (Å²) in [5, 5.41) is -0.510. The largest absolute Gasteiger partial charge is 0.279 e. The lowest BCUT2D eigenvalue weighted by molar-refractivity contribution is -0.110. The van der Waals surface area contributed by atoms with E-state index >= 15 is 0 Å². The lowest BCUT2D eigenvalue weighted by Crippen LogP contribution is -2.35. The number of carbonyl (C=O) groups excluding carboxylic acids is 1. The molecule has 4 nitrogen and oxygen atoms in total. The van der Waals surface area contributed by atoms with Crippen LogP contribution in [0.1, 0.15) is 6.92 Å². The molecule has 17 heavy (non-hydrogen) atoms. The average molecular weight is 296 g/mol. The molecule has 0 unspecified atom stereocenters. The topological polar surface area (TPSA) is 54.5 Å². The van der Waals surface area contributed by atoms with Gasteiger partial charge in [-0.2, -0.15) is 0 Å². The maximum absolute atomic E-state index is 11.8. The highest BCUT2D eigenvalue weighted by Gasteiger charge is 2.24. The fourth-order valence-electron chi connectivity index (χ4n) is 1.26. The number of hydrogen-bond acceptors (Lipinski definition) is 3. The van der Waals surface area contributed by atoms with Crippen molar-refractivity contribution >= 4 is 44.2 Å². The number of sulfonamides is 1. The van der Waals surface area contributed by atoms with Gasteiger partial charge in [0, 0.05) is 0 Å². The Kier molecular flexibility index (Phi) is 4.80. The van der Waals surface area contributed by atoms with Gasteiger partial charge in [0.2, 0.25) is 15.3 Å². The highest BCUT2D eigenvalue weighted by atomic mass is 35.5. The Balaban J connectivity index is 3.25. The Morgan fingerprint density at radius 2 is 1.94 bits per heavy atom. The monoisotopic (exact) mass is 295 g/mol. The third-order valence-corrected chi connectivity index (χ3v) is 4.26. The van der Waals surface area contributed by atoms with Crippen molar-refractivity contribution in [2.75, 3.05) is 16.6 Å². The summed E-state index contributed by atoms with van der Waals surface area (Å²) in [6.45, 7) is 1.05. The van der Waals surface area contributed by atoms with E-state index in [9.17, 15) is 13.2 Å². The van der Waals surface area contributed by atoms with Gasteiger partial charge in [-0.15, -0.1) is 0 Å². The van der Waals surface area contributed by atoms with Gasteiger partial charge in [-0.05, 0) is 30.7 Å². The molecule has 0 spiro atoms. The molecule has 0 aromatic heterocycles. The number of halogens is 2.